The van der Waals surface area contributed by atoms with Gasteiger partial charge in [0.15, 0.2) is 11.5 Å². The van der Waals surface area contributed by atoms with Gasteiger partial charge >= 0.3 is 6.03 Å². The lowest BCUT2D eigenvalue weighted by Gasteiger charge is -2.24. The van der Waals surface area contributed by atoms with Crippen LogP contribution >= 0.6 is 0 Å². The third kappa shape index (κ3) is 1.78. The molecule has 1 aliphatic rings. The minimum Gasteiger partial charge on any atom is -0.278 e. The molecule has 2 aromatic rings. The molecule has 100 valence electrons. The first-order valence-electron chi connectivity index (χ1n) is 6.05. The van der Waals surface area contributed by atoms with Crippen LogP contribution in [-0.2, 0) is 11.8 Å². The van der Waals surface area contributed by atoms with Gasteiger partial charge in [-0.15, -0.1) is 0 Å². The minimum atomic E-state index is -0.477. The molecular formula is C13H11N5O2. The molecule has 1 N–H and O–H groups in total. The number of carbonyl (C=O) groups is 2. The number of urea groups is 1. The molecule has 0 saturated carbocycles. The van der Waals surface area contributed by atoms with Crippen molar-refractivity contribution in [3.05, 3.63) is 29.6 Å². The van der Waals surface area contributed by atoms with Crippen LogP contribution in [0.15, 0.2) is 18.2 Å². The fourth-order valence-electron chi connectivity index (χ4n) is 2.27. The quantitative estimate of drug-likeness (QED) is 0.799. The van der Waals surface area contributed by atoms with E-state index in [9.17, 15) is 9.59 Å². The van der Waals surface area contributed by atoms with E-state index in [-0.39, 0.29) is 12.3 Å². The largest absolute Gasteiger partial charge is 0.329 e. The summed E-state index contributed by atoms with van der Waals surface area (Å²) in [6, 6.07) is 4.73. The van der Waals surface area contributed by atoms with Gasteiger partial charge in [0.1, 0.15) is 0 Å². The van der Waals surface area contributed by atoms with E-state index in [2.05, 4.69) is 15.3 Å². The smallest absolute Gasteiger partial charge is 0.278 e. The van der Waals surface area contributed by atoms with Gasteiger partial charge in [0.25, 0.3) is 0 Å². The molecule has 3 amide bonds. The number of hydrogen-bond acceptors (Lipinski definition) is 3. The third-order valence-corrected chi connectivity index (χ3v) is 3.25. The Morgan fingerprint density at radius 3 is 2.90 bits per heavy atom. The first kappa shape index (κ1) is 12.2. The third-order valence-electron chi connectivity index (χ3n) is 3.25. The maximum absolute atomic E-state index is 11.9. The summed E-state index contributed by atoms with van der Waals surface area (Å²) < 4.78 is 1.65. The predicted molar refractivity (Wildman–Crippen MR) is 72.5 cm³/mol. The van der Waals surface area contributed by atoms with E-state index in [4.69, 9.17) is 6.57 Å². The summed E-state index contributed by atoms with van der Waals surface area (Å²) in [5, 5.41) is 7.33. The van der Waals surface area contributed by atoms with E-state index in [1.54, 1.807) is 29.9 Å². The highest BCUT2D eigenvalue weighted by atomic mass is 16.2. The number of carbonyl (C=O) groups excluding carboxylic acids is 2. The number of benzene rings is 1. The Hall–Kier alpha value is -2.88. The summed E-state index contributed by atoms with van der Waals surface area (Å²) in [7, 11) is 1.77. The topological polar surface area (TPSA) is 71.6 Å². The highest BCUT2D eigenvalue weighted by Gasteiger charge is 2.27. The van der Waals surface area contributed by atoms with Crippen molar-refractivity contribution in [3.8, 4) is 0 Å². The summed E-state index contributed by atoms with van der Waals surface area (Å²) >= 11 is 0. The highest BCUT2D eigenvalue weighted by Crippen LogP contribution is 2.30. The first-order valence-corrected chi connectivity index (χ1v) is 6.05. The van der Waals surface area contributed by atoms with Gasteiger partial charge in [0, 0.05) is 25.4 Å². The van der Waals surface area contributed by atoms with Crippen molar-refractivity contribution in [2.45, 2.75) is 6.42 Å². The maximum atomic E-state index is 11.9. The molecule has 0 bridgehead atoms. The lowest BCUT2D eigenvalue weighted by atomic mass is 10.2. The van der Waals surface area contributed by atoms with Crippen LogP contribution in [0.25, 0.3) is 15.7 Å². The van der Waals surface area contributed by atoms with Gasteiger partial charge in [0.05, 0.1) is 12.1 Å². The number of anilines is 1. The molecule has 0 spiro atoms. The summed E-state index contributed by atoms with van der Waals surface area (Å²) in [6.07, 6.45) is 0.242. The number of fused-ring (bicyclic) bond motifs is 1. The van der Waals surface area contributed by atoms with Crippen LogP contribution in [-0.4, -0.2) is 28.3 Å². The standard InChI is InChI=1S/C13H11N5O2/c1-14-8-3-4-10-9(7-8)12(16-17(10)2)18-6-5-11(19)15-13(18)20/h3-4,7H,5-6H2,2H3,(H,15,19,20). The van der Waals surface area contributed by atoms with Crippen molar-refractivity contribution in [2.75, 3.05) is 11.4 Å². The van der Waals surface area contributed by atoms with E-state index >= 15 is 0 Å². The Balaban J connectivity index is 2.14. The van der Waals surface area contributed by atoms with Gasteiger partial charge in [-0.05, 0) is 12.1 Å². The minimum absolute atomic E-state index is 0.242. The SMILES string of the molecule is [C-]#[N+]c1ccc2c(c1)c(N1CCC(=O)NC1=O)nn2C. The van der Waals surface area contributed by atoms with E-state index in [0.29, 0.717) is 18.1 Å². The van der Waals surface area contributed by atoms with Gasteiger partial charge in [-0.1, -0.05) is 6.07 Å². The molecule has 7 heteroatoms. The average Bonchev–Trinajstić information content (AvgIpc) is 2.75. The van der Waals surface area contributed by atoms with Crippen molar-refractivity contribution in [2.24, 2.45) is 7.05 Å². The van der Waals surface area contributed by atoms with Crippen molar-refractivity contribution in [1.29, 1.82) is 0 Å². The number of rotatable bonds is 1. The summed E-state index contributed by atoms with van der Waals surface area (Å²) in [4.78, 5) is 27.9. The molecule has 1 aliphatic heterocycles. The normalized spacial score (nSPS) is 15.3. The number of nitrogens with zero attached hydrogens (tertiary/aromatic N) is 4. The number of amides is 3. The number of imide groups is 1. The monoisotopic (exact) mass is 269 g/mol. The fourth-order valence-corrected chi connectivity index (χ4v) is 2.27. The Morgan fingerprint density at radius 1 is 1.40 bits per heavy atom. The number of hydrogen-bond donors (Lipinski definition) is 1. The van der Waals surface area contributed by atoms with Gasteiger partial charge in [-0.25, -0.2) is 9.64 Å². The Kier molecular flexibility index (Phi) is 2.64. The molecule has 2 heterocycles. The molecule has 0 unspecified atom stereocenters. The van der Waals surface area contributed by atoms with E-state index in [0.717, 1.165) is 10.9 Å². The van der Waals surface area contributed by atoms with Gasteiger partial charge in [-0.3, -0.25) is 19.7 Å². The number of nitrogens with one attached hydrogen (secondary N) is 1. The van der Waals surface area contributed by atoms with Crippen LogP contribution in [0.2, 0.25) is 0 Å². The number of aryl methyl sites for hydroxylation is 1. The molecule has 7 nitrogen and oxygen atoms in total. The lowest BCUT2D eigenvalue weighted by molar-refractivity contribution is -0.120. The van der Waals surface area contributed by atoms with Crippen LogP contribution < -0.4 is 10.2 Å². The Labute approximate surface area is 114 Å². The van der Waals surface area contributed by atoms with Crippen LogP contribution in [0, 0.1) is 6.57 Å². The fraction of sp³-hybridized carbons (Fsp3) is 0.231. The van der Waals surface area contributed by atoms with E-state index in [1.165, 1.54) is 4.90 Å². The first-order chi connectivity index (χ1) is 9.60. The Bertz CT molecular complexity index is 771. The second-order valence-electron chi connectivity index (χ2n) is 4.52. The molecule has 1 aromatic heterocycles. The zero-order chi connectivity index (χ0) is 14.3. The van der Waals surface area contributed by atoms with E-state index in [1.807, 2.05) is 0 Å². The predicted octanol–water partition coefficient (Wildman–Crippen LogP) is 1.57. The van der Waals surface area contributed by atoms with Crippen LogP contribution in [0.1, 0.15) is 6.42 Å². The van der Waals surface area contributed by atoms with Crippen molar-refractivity contribution in [3.63, 3.8) is 0 Å². The van der Waals surface area contributed by atoms with Gasteiger partial charge < -0.3 is 0 Å². The van der Waals surface area contributed by atoms with Gasteiger partial charge in [0.2, 0.25) is 5.91 Å². The molecule has 1 aromatic carbocycles. The Morgan fingerprint density at radius 2 is 2.20 bits per heavy atom. The second-order valence-corrected chi connectivity index (χ2v) is 4.52. The summed E-state index contributed by atoms with van der Waals surface area (Å²) in [5.41, 5.74) is 1.32. The van der Waals surface area contributed by atoms with Crippen LogP contribution in [0.5, 0.6) is 0 Å². The molecular weight excluding hydrogens is 258 g/mol. The molecule has 0 radical (unpaired) electrons. The molecule has 0 atom stereocenters. The molecule has 0 aliphatic carbocycles. The van der Waals surface area contributed by atoms with Crippen LogP contribution in [0.3, 0.4) is 0 Å². The van der Waals surface area contributed by atoms with Crippen LogP contribution in [0.4, 0.5) is 16.3 Å². The van der Waals surface area contributed by atoms with Crippen molar-refractivity contribution < 1.29 is 9.59 Å². The van der Waals surface area contributed by atoms with E-state index < -0.39 is 6.03 Å². The summed E-state index contributed by atoms with van der Waals surface area (Å²) in [6.45, 7) is 7.36. The van der Waals surface area contributed by atoms with Crippen molar-refractivity contribution >= 4 is 34.3 Å². The lowest BCUT2D eigenvalue weighted by Crippen LogP contribution is -2.49. The highest BCUT2D eigenvalue weighted by molar-refractivity contribution is 6.09. The molecule has 1 fully saturated rings. The maximum Gasteiger partial charge on any atom is 0.329 e. The second kappa shape index (κ2) is 4.35. The van der Waals surface area contributed by atoms with Crippen molar-refractivity contribution in [1.82, 2.24) is 15.1 Å². The number of aromatic nitrogens is 2. The summed E-state index contributed by atoms with van der Waals surface area (Å²) in [5.74, 6) is 0.186. The zero-order valence-corrected chi connectivity index (χ0v) is 10.8. The average molecular weight is 269 g/mol. The molecule has 20 heavy (non-hydrogen) atoms. The molecule has 3 rings (SSSR count). The molecule has 1 saturated heterocycles. The zero-order valence-electron chi connectivity index (χ0n) is 10.8. The van der Waals surface area contributed by atoms with Gasteiger partial charge in [-0.2, -0.15) is 5.10 Å².